The van der Waals surface area contributed by atoms with Crippen LogP contribution >= 0.6 is 0 Å². The zero-order valence-corrected chi connectivity index (χ0v) is 9.11. The summed E-state index contributed by atoms with van der Waals surface area (Å²) >= 11 is 0. The quantitative estimate of drug-likeness (QED) is 0.578. The normalized spacial score (nSPS) is 19.2. The van der Waals surface area contributed by atoms with Crippen LogP contribution in [0.1, 0.15) is 18.4 Å². The smallest absolute Gasteiger partial charge is 0.130 e. The molecule has 0 amide bonds. The van der Waals surface area contributed by atoms with Crippen molar-refractivity contribution in [2.24, 2.45) is 0 Å². The number of carbonyl (C=O) groups is 1. The van der Waals surface area contributed by atoms with Crippen molar-refractivity contribution in [3.63, 3.8) is 0 Å². The van der Waals surface area contributed by atoms with E-state index in [-0.39, 0.29) is 0 Å². The molecule has 4 N–H and O–H groups in total. The third-order valence-corrected chi connectivity index (χ3v) is 3.27. The Kier molecular flexibility index (Phi) is 2.83. The molecule has 1 aromatic carbocycles. The fourth-order valence-electron chi connectivity index (χ4n) is 2.09. The van der Waals surface area contributed by atoms with Gasteiger partial charge < -0.3 is 21.0 Å². The van der Waals surface area contributed by atoms with Crippen LogP contribution in [0.4, 0.5) is 11.4 Å². The summed E-state index contributed by atoms with van der Waals surface area (Å²) in [6, 6.07) is 5.44. The molecule has 1 saturated heterocycles. The summed E-state index contributed by atoms with van der Waals surface area (Å²) in [6.45, 7) is 1.23. The van der Waals surface area contributed by atoms with Crippen molar-refractivity contribution in [2.75, 3.05) is 24.7 Å². The highest BCUT2D eigenvalue weighted by atomic mass is 16.5. The Bertz CT molecular complexity index is 398. The van der Waals surface area contributed by atoms with Crippen molar-refractivity contribution in [2.45, 2.75) is 18.3 Å². The minimum atomic E-state index is -0.444. The van der Waals surface area contributed by atoms with Crippen LogP contribution in [0.15, 0.2) is 18.2 Å². The first-order valence-corrected chi connectivity index (χ1v) is 5.37. The largest absolute Gasteiger partial charge is 0.397 e. The molecule has 1 fully saturated rings. The van der Waals surface area contributed by atoms with Gasteiger partial charge in [-0.15, -0.1) is 0 Å². The lowest BCUT2D eigenvalue weighted by atomic mass is 9.75. The van der Waals surface area contributed by atoms with E-state index < -0.39 is 5.41 Å². The number of ether oxygens (including phenoxy) is 1. The maximum absolute atomic E-state index is 11.4. The van der Waals surface area contributed by atoms with Gasteiger partial charge in [0.15, 0.2) is 0 Å². The number of hydrogen-bond donors (Lipinski definition) is 2. The number of nitrogen functional groups attached to an aromatic ring is 2. The Morgan fingerprint density at radius 2 is 1.88 bits per heavy atom. The van der Waals surface area contributed by atoms with Gasteiger partial charge in [-0.05, 0) is 30.5 Å². The van der Waals surface area contributed by atoms with Gasteiger partial charge >= 0.3 is 0 Å². The van der Waals surface area contributed by atoms with E-state index in [2.05, 4.69) is 0 Å². The van der Waals surface area contributed by atoms with Gasteiger partial charge in [0.1, 0.15) is 6.29 Å². The Morgan fingerprint density at radius 1 is 1.19 bits per heavy atom. The lowest BCUT2D eigenvalue weighted by molar-refractivity contribution is -0.115. The first-order valence-electron chi connectivity index (χ1n) is 5.37. The molecule has 0 aromatic heterocycles. The predicted octanol–water partition coefficient (Wildman–Crippen LogP) is 1.10. The molecule has 1 heterocycles. The van der Waals surface area contributed by atoms with E-state index in [9.17, 15) is 4.79 Å². The highest BCUT2D eigenvalue weighted by Gasteiger charge is 2.34. The summed E-state index contributed by atoms with van der Waals surface area (Å²) in [7, 11) is 0. The molecule has 2 rings (SSSR count). The number of benzene rings is 1. The molecule has 0 aliphatic carbocycles. The van der Waals surface area contributed by atoms with E-state index in [1.807, 2.05) is 6.07 Å². The van der Waals surface area contributed by atoms with Crippen LogP contribution in [-0.2, 0) is 14.9 Å². The summed E-state index contributed by atoms with van der Waals surface area (Å²) < 4.78 is 5.29. The molecule has 0 unspecified atom stereocenters. The second-order valence-electron chi connectivity index (χ2n) is 4.23. The molecule has 1 aromatic rings. The van der Waals surface area contributed by atoms with Crippen molar-refractivity contribution in [3.05, 3.63) is 23.8 Å². The summed E-state index contributed by atoms with van der Waals surface area (Å²) in [4.78, 5) is 11.4. The Labute approximate surface area is 94.6 Å². The summed E-state index contributed by atoms with van der Waals surface area (Å²) in [5, 5.41) is 0. The van der Waals surface area contributed by atoms with E-state index in [1.165, 1.54) is 0 Å². The van der Waals surface area contributed by atoms with Crippen LogP contribution in [0.2, 0.25) is 0 Å². The van der Waals surface area contributed by atoms with Crippen LogP contribution in [0.3, 0.4) is 0 Å². The number of rotatable bonds is 2. The maximum atomic E-state index is 11.4. The van der Waals surface area contributed by atoms with Crippen molar-refractivity contribution >= 4 is 17.7 Å². The average Bonchev–Trinajstić information content (AvgIpc) is 2.33. The third kappa shape index (κ3) is 1.76. The van der Waals surface area contributed by atoms with Crippen LogP contribution in [-0.4, -0.2) is 19.5 Å². The predicted molar refractivity (Wildman–Crippen MR) is 63.1 cm³/mol. The standard InChI is InChI=1S/C12H16N2O2/c13-10-2-1-9(7-11(10)14)12(8-15)3-5-16-6-4-12/h1-2,7-8H,3-6,13-14H2. The fraction of sp³-hybridized carbons (Fsp3) is 0.417. The number of carbonyl (C=O) groups excluding carboxylic acids is 1. The van der Waals surface area contributed by atoms with Gasteiger partial charge in [0.25, 0.3) is 0 Å². The molecule has 0 atom stereocenters. The average molecular weight is 220 g/mol. The third-order valence-electron chi connectivity index (χ3n) is 3.27. The van der Waals surface area contributed by atoms with E-state index in [1.54, 1.807) is 12.1 Å². The first kappa shape index (κ1) is 11.0. The fourth-order valence-corrected chi connectivity index (χ4v) is 2.09. The zero-order chi connectivity index (χ0) is 11.6. The SMILES string of the molecule is Nc1ccc(C2(C=O)CCOCC2)cc1N. The highest BCUT2D eigenvalue weighted by molar-refractivity contribution is 5.73. The minimum absolute atomic E-state index is 0.444. The van der Waals surface area contributed by atoms with Gasteiger partial charge in [0, 0.05) is 13.2 Å². The van der Waals surface area contributed by atoms with Gasteiger partial charge in [-0.3, -0.25) is 0 Å². The van der Waals surface area contributed by atoms with Gasteiger partial charge in [0.05, 0.1) is 16.8 Å². The molecule has 0 bridgehead atoms. The van der Waals surface area contributed by atoms with E-state index in [4.69, 9.17) is 16.2 Å². The minimum Gasteiger partial charge on any atom is -0.397 e. The molecule has 0 spiro atoms. The van der Waals surface area contributed by atoms with Gasteiger partial charge in [0.2, 0.25) is 0 Å². The number of nitrogens with two attached hydrogens (primary N) is 2. The lowest BCUT2D eigenvalue weighted by Crippen LogP contribution is -2.35. The number of hydrogen-bond acceptors (Lipinski definition) is 4. The second kappa shape index (κ2) is 4.14. The first-order chi connectivity index (χ1) is 7.68. The summed E-state index contributed by atoms with van der Waals surface area (Å²) in [5.74, 6) is 0. The molecular formula is C12H16N2O2. The molecule has 0 radical (unpaired) electrons. The topological polar surface area (TPSA) is 78.3 Å². The van der Waals surface area contributed by atoms with Gasteiger partial charge in [-0.2, -0.15) is 0 Å². The van der Waals surface area contributed by atoms with Crippen LogP contribution in [0.25, 0.3) is 0 Å². The monoisotopic (exact) mass is 220 g/mol. The maximum Gasteiger partial charge on any atom is 0.130 e. The van der Waals surface area contributed by atoms with Crippen LogP contribution < -0.4 is 11.5 Å². The molecule has 1 aliphatic rings. The zero-order valence-electron chi connectivity index (χ0n) is 9.11. The molecular weight excluding hydrogens is 204 g/mol. The van der Waals surface area contributed by atoms with Gasteiger partial charge in [-0.25, -0.2) is 0 Å². The van der Waals surface area contributed by atoms with Crippen molar-refractivity contribution in [1.82, 2.24) is 0 Å². The Balaban J connectivity index is 2.39. The number of anilines is 2. The van der Waals surface area contributed by atoms with E-state index in [0.717, 1.165) is 11.8 Å². The lowest BCUT2D eigenvalue weighted by Gasteiger charge is -2.32. The molecule has 1 aliphatic heterocycles. The molecule has 4 heteroatoms. The Morgan fingerprint density at radius 3 is 2.44 bits per heavy atom. The van der Waals surface area contributed by atoms with E-state index in [0.29, 0.717) is 37.4 Å². The molecule has 0 saturated carbocycles. The Hall–Kier alpha value is -1.55. The molecule has 4 nitrogen and oxygen atoms in total. The van der Waals surface area contributed by atoms with Crippen LogP contribution in [0, 0.1) is 0 Å². The van der Waals surface area contributed by atoms with Gasteiger partial charge in [-0.1, -0.05) is 6.07 Å². The summed E-state index contributed by atoms with van der Waals surface area (Å²) in [6.07, 6.45) is 2.43. The molecule has 16 heavy (non-hydrogen) atoms. The second-order valence-corrected chi connectivity index (χ2v) is 4.23. The van der Waals surface area contributed by atoms with Crippen LogP contribution in [0.5, 0.6) is 0 Å². The van der Waals surface area contributed by atoms with E-state index >= 15 is 0 Å². The number of aldehydes is 1. The van der Waals surface area contributed by atoms with Crippen molar-refractivity contribution in [3.8, 4) is 0 Å². The summed E-state index contributed by atoms with van der Waals surface area (Å²) in [5.41, 5.74) is 13.0. The van der Waals surface area contributed by atoms with Crippen molar-refractivity contribution < 1.29 is 9.53 Å². The highest BCUT2D eigenvalue weighted by Crippen LogP contribution is 2.34. The molecule has 86 valence electrons. The van der Waals surface area contributed by atoms with Crippen molar-refractivity contribution in [1.29, 1.82) is 0 Å².